The van der Waals surface area contributed by atoms with Gasteiger partial charge >= 0.3 is 0 Å². The number of aryl methyl sites for hydroxylation is 2. The molecule has 0 amide bonds. The van der Waals surface area contributed by atoms with Crippen LogP contribution in [0.15, 0.2) is 33.1 Å². The van der Waals surface area contributed by atoms with Crippen molar-refractivity contribution in [3.63, 3.8) is 0 Å². The molecular weight excluding hydrogens is 292 g/mol. The Morgan fingerprint density at radius 3 is 1.96 bits per heavy atom. The summed E-state index contributed by atoms with van der Waals surface area (Å²) in [6, 6.07) is 8.16. The predicted molar refractivity (Wildman–Crippen MR) is 88.3 cm³/mol. The molecule has 5 nitrogen and oxygen atoms in total. The minimum atomic E-state index is 0.803. The van der Waals surface area contributed by atoms with Crippen LogP contribution in [0.3, 0.4) is 0 Å². The molecule has 0 saturated carbocycles. The molecule has 1 saturated heterocycles. The first-order valence-corrected chi connectivity index (χ1v) is 8.32. The Labute approximate surface area is 137 Å². The van der Waals surface area contributed by atoms with Crippen molar-refractivity contribution in [2.75, 3.05) is 39.4 Å². The molecule has 3 rings (SSSR count). The molecule has 0 N–H and O–H groups in total. The third-order valence-corrected chi connectivity index (χ3v) is 4.19. The van der Waals surface area contributed by atoms with Crippen LogP contribution in [0.1, 0.15) is 23.0 Å². The predicted octanol–water partition coefficient (Wildman–Crippen LogP) is 2.82. The Balaban J connectivity index is 1.59. The summed E-state index contributed by atoms with van der Waals surface area (Å²) < 4.78 is 16.9. The first-order chi connectivity index (χ1) is 11.2. The van der Waals surface area contributed by atoms with Crippen molar-refractivity contribution in [2.24, 2.45) is 0 Å². The van der Waals surface area contributed by atoms with E-state index in [9.17, 15) is 0 Å². The monoisotopic (exact) mass is 318 g/mol. The first kappa shape index (κ1) is 16.3. The molecule has 0 aliphatic carbocycles. The molecule has 2 aromatic rings. The maximum absolute atomic E-state index is 5.74. The molecule has 5 heteroatoms. The Bertz CT molecular complexity index is 557. The zero-order valence-corrected chi connectivity index (χ0v) is 14.1. The highest BCUT2D eigenvalue weighted by Crippen LogP contribution is 2.14. The SMILES string of the molecule is Cc1ccc(CN(CCN2CCOCC2)Cc2ccc(C)o2)o1. The highest BCUT2D eigenvalue weighted by atomic mass is 16.5. The summed E-state index contributed by atoms with van der Waals surface area (Å²) in [5.41, 5.74) is 0. The average molecular weight is 318 g/mol. The van der Waals surface area contributed by atoms with Gasteiger partial charge in [-0.05, 0) is 38.1 Å². The van der Waals surface area contributed by atoms with Crippen molar-refractivity contribution in [1.82, 2.24) is 9.80 Å². The molecule has 0 spiro atoms. The maximum Gasteiger partial charge on any atom is 0.118 e. The van der Waals surface area contributed by atoms with Gasteiger partial charge in [0.25, 0.3) is 0 Å². The first-order valence-electron chi connectivity index (χ1n) is 8.32. The largest absolute Gasteiger partial charge is 0.465 e. The van der Waals surface area contributed by atoms with E-state index in [2.05, 4.69) is 21.9 Å². The van der Waals surface area contributed by atoms with E-state index in [1.165, 1.54) is 0 Å². The van der Waals surface area contributed by atoms with Crippen LogP contribution in [0.4, 0.5) is 0 Å². The van der Waals surface area contributed by atoms with Crippen LogP contribution in [-0.4, -0.2) is 49.2 Å². The number of rotatable bonds is 7. The van der Waals surface area contributed by atoms with Gasteiger partial charge in [-0.2, -0.15) is 0 Å². The number of nitrogens with zero attached hydrogens (tertiary/aromatic N) is 2. The second-order valence-corrected chi connectivity index (χ2v) is 6.19. The second-order valence-electron chi connectivity index (χ2n) is 6.19. The lowest BCUT2D eigenvalue weighted by atomic mass is 10.3. The Hall–Kier alpha value is -1.56. The molecule has 0 unspecified atom stereocenters. The van der Waals surface area contributed by atoms with E-state index in [1.807, 2.05) is 26.0 Å². The molecular formula is C18H26N2O3. The lowest BCUT2D eigenvalue weighted by molar-refractivity contribution is 0.0317. The average Bonchev–Trinajstić information content (AvgIpc) is 3.14. The molecule has 126 valence electrons. The Morgan fingerprint density at radius 2 is 1.48 bits per heavy atom. The number of ether oxygens (including phenoxy) is 1. The molecule has 23 heavy (non-hydrogen) atoms. The fourth-order valence-electron chi connectivity index (χ4n) is 2.90. The summed E-state index contributed by atoms with van der Waals surface area (Å²) in [6.45, 7) is 11.3. The number of morpholine rings is 1. The number of hydrogen-bond acceptors (Lipinski definition) is 5. The molecule has 2 aromatic heterocycles. The van der Waals surface area contributed by atoms with Crippen LogP contribution in [0.5, 0.6) is 0 Å². The zero-order valence-electron chi connectivity index (χ0n) is 14.1. The van der Waals surface area contributed by atoms with Gasteiger partial charge in [-0.1, -0.05) is 0 Å². The van der Waals surface area contributed by atoms with Gasteiger partial charge < -0.3 is 13.6 Å². The lowest BCUT2D eigenvalue weighted by Gasteiger charge is -2.29. The van der Waals surface area contributed by atoms with Crippen molar-refractivity contribution in [3.05, 3.63) is 47.3 Å². The van der Waals surface area contributed by atoms with Crippen molar-refractivity contribution in [2.45, 2.75) is 26.9 Å². The summed E-state index contributed by atoms with van der Waals surface area (Å²) >= 11 is 0. The van der Waals surface area contributed by atoms with Crippen LogP contribution in [0, 0.1) is 13.8 Å². The molecule has 1 fully saturated rings. The summed E-state index contributed by atoms with van der Waals surface area (Å²) in [6.07, 6.45) is 0. The fourth-order valence-corrected chi connectivity index (χ4v) is 2.90. The van der Waals surface area contributed by atoms with Crippen molar-refractivity contribution >= 4 is 0 Å². The van der Waals surface area contributed by atoms with E-state index in [4.69, 9.17) is 13.6 Å². The lowest BCUT2D eigenvalue weighted by Crippen LogP contribution is -2.41. The Kier molecular flexibility index (Phi) is 5.54. The van der Waals surface area contributed by atoms with Gasteiger partial charge in [0.1, 0.15) is 23.0 Å². The topological polar surface area (TPSA) is 42.0 Å². The van der Waals surface area contributed by atoms with Crippen molar-refractivity contribution in [3.8, 4) is 0 Å². The fraction of sp³-hybridized carbons (Fsp3) is 0.556. The van der Waals surface area contributed by atoms with E-state index in [0.29, 0.717) is 0 Å². The van der Waals surface area contributed by atoms with Gasteiger partial charge in [0, 0.05) is 26.2 Å². The minimum absolute atomic E-state index is 0.803. The van der Waals surface area contributed by atoms with Gasteiger partial charge in [-0.25, -0.2) is 0 Å². The molecule has 0 radical (unpaired) electrons. The molecule has 1 aliphatic heterocycles. The summed E-state index contributed by atoms with van der Waals surface area (Å²) in [5.74, 6) is 3.93. The molecule has 3 heterocycles. The zero-order chi connectivity index (χ0) is 16.1. The van der Waals surface area contributed by atoms with Gasteiger partial charge in [-0.15, -0.1) is 0 Å². The Morgan fingerprint density at radius 1 is 0.913 bits per heavy atom. The molecule has 0 aromatic carbocycles. The molecule has 0 atom stereocenters. The van der Waals surface area contributed by atoms with Gasteiger partial charge in [0.05, 0.1) is 26.3 Å². The number of furan rings is 2. The summed E-state index contributed by atoms with van der Waals surface area (Å²) in [5, 5.41) is 0. The number of hydrogen-bond donors (Lipinski definition) is 0. The van der Waals surface area contributed by atoms with E-state index in [1.54, 1.807) is 0 Å². The quantitative estimate of drug-likeness (QED) is 0.785. The van der Waals surface area contributed by atoms with Gasteiger partial charge in [-0.3, -0.25) is 9.80 Å². The maximum atomic E-state index is 5.74. The van der Waals surface area contributed by atoms with Crippen LogP contribution < -0.4 is 0 Å². The molecule has 1 aliphatic rings. The van der Waals surface area contributed by atoms with Crippen LogP contribution in [0.25, 0.3) is 0 Å². The second kappa shape index (κ2) is 7.81. The highest BCUT2D eigenvalue weighted by molar-refractivity contribution is 5.07. The van der Waals surface area contributed by atoms with Crippen LogP contribution in [0.2, 0.25) is 0 Å². The third kappa shape index (κ3) is 4.96. The van der Waals surface area contributed by atoms with E-state index < -0.39 is 0 Å². The van der Waals surface area contributed by atoms with E-state index in [0.717, 1.165) is 75.5 Å². The summed E-state index contributed by atoms with van der Waals surface area (Å²) in [7, 11) is 0. The molecule has 0 bridgehead atoms. The minimum Gasteiger partial charge on any atom is -0.465 e. The van der Waals surface area contributed by atoms with Gasteiger partial charge in [0.2, 0.25) is 0 Å². The summed E-state index contributed by atoms with van der Waals surface area (Å²) in [4.78, 5) is 4.84. The third-order valence-electron chi connectivity index (χ3n) is 4.19. The van der Waals surface area contributed by atoms with Crippen LogP contribution in [-0.2, 0) is 17.8 Å². The van der Waals surface area contributed by atoms with Gasteiger partial charge in [0.15, 0.2) is 0 Å². The van der Waals surface area contributed by atoms with Crippen molar-refractivity contribution in [1.29, 1.82) is 0 Å². The van der Waals surface area contributed by atoms with Crippen LogP contribution >= 0.6 is 0 Å². The highest BCUT2D eigenvalue weighted by Gasteiger charge is 2.15. The normalized spacial score (nSPS) is 16.3. The van der Waals surface area contributed by atoms with E-state index in [-0.39, 0.29) is 0 Å². The van der Waals surface area contributed by atoms with Crippen molar-refractivity contribution < 1.29 is 13.6 Å². The smallest absolute Gasteiger partial charge is 0.118 e. The van der Waals surface area contributed by atoms with E-state index >= 15 is 0 Å². The standard InChI is InChI=1S/C18H26N2O3/c1-15-3-5-17(22-15)13-20(14-18-6-4-16(2)23-18)8-7-19-9-11-21-12-10-19/h3-6H,7-14H2,1-2H3.